The smallest absolute Gasteiger partial charge is 0.305 e. The van der Waals surface area contributed by atoms with Crippen LogP contribution < -0.4 is 0 Å². The summed E-state index contributed by atoms with van der Waals surface area (Å²) in [6.45, 7) is 0. The van der Waals surface area contributed by atoms with E-state index in [9.17, 15) is 9.59 Å². The molecule has 1 aromatic carbocycles. The molecule has 1 aliphatic rings. The Morgan fingerprint density at radius 3 is 2.89 bits per heavy atom. The van der Waals surface area contributed by atoms with Crippen LogP contribution in [-0.4, -0.2) is 18.9 Å². The van der Waals surface area contributed by atoms with Gasteiger partial charge in [-0.2, -0.15) is 0 Å². The van der Waals surface area contributed by atoms with Gasteiger partial charge in [0.15, 0.2) is 0 Å². The van der Waals surface area contributed by atoms with Crippen molar-refractivity contribution in [3.63, 3.8) is 0 Å². The Kier molecular flexibility index (Phi) is 4.59. The van der Waals surface area contributed by atoms with Crippen LogP contribution in [0.1, 0.15) is 42.7 Å². The van der Waals surface area contributed by atoms with Crippen LogP contribution in [0.15, 0.2) is 18.2 Å². The molecule has 0 saturated heterocycles. The number of ether oxygens (including phenoxy) is 1. The number of hydrogen-bond acceptors (Lipinski definition) is 3. The van der Waals surface area contributed by atoms with Gasteiger partial charge in [0.2, 0.25) is 0 Å². The molecule has 1 atom stereocenters. The number of esters is 1. The summed E-state index contributed by atoms with van der Waals surface area (Å²) in [5.41, 5.74) is 2.24. The fraction of sp³-hybridized carbons (Fsp3) is 0.467. The van der Waals surface area contributed by atoms with Crippen molar-refractivity contribution < 1.29 is 14.3 Å². The first-order valence-corrected chi connectivity index (χ1v) is 6.87. The molecule has 2 rings (SSSR count). The minimum Gasteiger partial charge on any atom is -0.469 e. The third kappa shape index (κ3) is 3.35. The average molecular weight is 281 g/mol. The molecule has 4 heteroatoms. The molecule has 0 saturated carbocycles. The number of ketones is 1. The Bertz CT molecular complexity index is 496. The van der Waals surface area contributed by atoms with Gasteiger partial charge in [0.05, 0.1) is 13.5 Å². The first kappa shape index (κ1) is 14.1. The predicted molar refractivity (Wildman–Crippen MR) is 73.4 cm³/mol. The number of rotatable bonds is 4. The van der Waals surface area contributed by atoms with Crippen LogP contribution in [0.4, 0.5) is 0 Å². The van der Waals surface area contributed by atoms with Gasteiger partial charge in [0, 0.05) is 17.4 Å². The molecular formula is C15H17ClO3. The van der Waals surface area contributed by atoms with Gasteiger partial charge in [0.25, 0.3) is 0 Å². The molecule has 1 aromatic rings. The molecule has 1 aliphatic carbocycles. The maximum Gasteiger partial charge on any atom is 0.305 e. The summed E-state index contributed by atoms with van der Waals surface area (Å²) in [5, 5.41) is 0.659. The van der Waals surface area contributed by atoms with E-state index in [2.05, 4.69) is 4.74 Å². The number of benzene rings is 1. The number of Topliss-reactive ketones (excluding diaryl/α,β-unsaturated/α-hetero) is 1. The lowest BCUT2D eigenvalue weighted by molar-refractivity contribution is -0.142. The SMILES string of the molecule is COC(=O)CCC(=O)C1CCCc2ccc(Cl)cc21. The van der Waals surface area contributed by atoms with E-state index in [0.717, 1.165) is 24.8 Å². The number of fused-ring (bicyclic) bond motifs is 1. The molecule has 1 unspecified atom stereocenters. The van der Waals surface area contributed by atoms with E-state index in [4.69, 9.17) is 11.6 Å². The minimum absolute atomic E-state index is 0.105. The molecule has 19 heavy (non-hydrogen) atoms. The molecule has 0 fully saturated rings. The highest BCUT2D eigenvalue weighted by Crippen LogP contribution is 2.34. The van der Waals surface area contributed by atoms with Gasteiger partial charge in [-0.05, 0) is 42.5 Å². The summed E-state index contributed by atoms with van der Waals surface area (Å²) in [7, 11) is 1.34. The minimum atomic E-state index is -0.338. The van der Waals surface area contributed by atoms with E-state index in [1.807, 2.05) is 18.2 Å². The zero-order chi connectivity index (χ0) is 13.8. The Morgan fingerprint density at radius 2 is 2.16 bits per heavy atom. The summed E-state index contributed by atoms with van der Waals surface area (Å²) < 4.78 is 4.56. The fourth-order valence-electron chi connectivity index (χ4n) is 2.61. The fourth-order valence-corrected chi connectivity index (χ4v) is 2.79. The van der Waals surface area contributed by atoms with Crippen molar-refractivity contribution in [2.24, 2.45) is 0 Å². The van der Waals surface area contributed by atoms with E-state index in [1.54, 1.807) is 0 Å². The molecule has 0 bridgehead atoms. The van der Waals surface area contributed by atoms with E-state index < -0.39 is 0 Å². The molecule has 0 radical (unpaired) electrons. The maximum atomic E-state index is 12.2. The second kappa shape index (κ2) is 6.20. The van der Waals surface area contributed by atoms with Crippen LogP contribution in [0.3, 0.4) is 0 Å². The van der Waals surface area contributed by atoms with Crippen LogP contribution in [0.5, 0.6) is 0 Å². The van der Waals surface area contributed by atoms with Gasteiger partial charge in [-0.3, -0.25) is 9.59 Å². The van der Waals surface area contributed by atoms with Crippen LogP contribution in [0.25, 0.3) is 0 Å². The van der Waals surface area contributed by atoms with Crippen LogP contribution in [0, 0.1) is 0 Å². The van der Waals surface area contributed by atoms with Gasteiger partial charge in [0.1, 0.15) is 5.78 Å². The summed E-state index contributed by atoms with van der Waals surface area (Å²) in [6, 6.07) is 5.75. The van der Waals surface area contributed by atoms with Crippen molar-refractivity contribution in [2.75, 3.05) is 7.11 Å². The first-order valence-electron chi connectivity index (χ1n) is 6.49. The van der Waals surface area contributed by atoms with Crippen LogP contribution in [-0.2, 0) is 20.7 Å². The van der Waals surface area contributed by atoms with Gasteiger partial charge in [-0.25, -0.2) is 0 Å². The third-order valence-corrected chi connectivity index (χ3v) is 3.85. The number of carbonyl (C=O) groups is 2. The van der Waals surface area contributed by atoms with E-state index in [0.29, 0.717) is 5.02 Å². The number of methoxy groups -OCH3 is 1. The Morgan fingerprint density at radius 1 is 1.37 bits per heavy atom. The highest BCUT2D eigenvalue weighted by atomic mass is 35.5. The predicted octanol–water partition coefficient (Wildman–Crippen LogP) is 3.28. The van der Waals surface area contributed by atoms with Gasteiger partial charge >= 0.3 is 5.97 Å². The molecule has 0 amide bonds. The van der Waals surface area contributed by atoms with Gasteiger partial charge in [-0.15, -0.1) is 0 Å². The molecular weight excluding hydrogens is 264 g/mol. The molecule has 102 valence electrons. The first-order chi connectivity index (χ1) is 9.11. The molecule has 0 spiro atoms. The maximum absolute atomic E-state index is 12.2. The zero-order valence-corrected chi connectivity index (χ0v) is 11.7. The summed E-state index contributed by atoms with van der Waals surface area (Å²) in [5.74, 6) is -0.351. The highest BCUT2D eigenvalue weighted by Gasteiger charge is 2.26. The van der Waals surface area contributed by atoms with Crippen molar-refractivity contribution in [1.82, 2.24) is 0 Å². The molecule has 0 aliphatic heterocycles. The van der Waals surface area contributed by atoms with Crippen LogP contribution >= 0.6 is 11.6 Å². The van der Waals surface area contributed by atoms with E-state index in [1.165, 1.54) is 12.7 Å². The highest BCUT2D eigenvalue weighted by molar-refractivity contribution is 6.30. The van der Waals surface area contributed by atoms with E-state index in [-0.39, 0.29) is 30.5 Å². The molecule has 0 heterocycles. The lowest BCUT2D eigenvalue weighted by Crippen LogP contribution is -2.19. The number of hydrogen-bond donors (Lipinski definition) is 0. The second-order valence-corrected chi connectivity index (χ2v) is 5.27. The lowest BCUT2D eigenvalue weighted by Gasteiger charge is -2.24. The van der Waals surface area contributed by atoms with Crippen molar-refractivity contribution in [3.05, 3.63) is 34.3 Å². The lowest BCUT2D eigenvalue weighted by atomic mass is 9.79. The molecule has 0 aromatic heterocycles. The van der Waals surface area contributed by atoms with Gasteiger partial charge < -0.3 is 4.74 Å². The average Bonchev–Trinajstić information content (AvgIpc) is 2.43. The summed E-state index contributed by atoms with van der Waals surface area (Å²) in [4.78, 5) is 23.3. The topological polar surface area (TPSA) is 43.4 Å². The van der Waals surface area contributed by atoms with Crippen LogP contribution in [0.2, 0.25) is 5.02 Å². The van der Waals surface area contributed by atoms with Crippen molar-refractivity contribution >= 4 is 23.4 Å². The van der Waals surface area contributed by atoms with E-state index >= 15 is 0 Å². The zero-order valence-electron chi connectivity index (χ0n) is 10.9. The Balaban J connectivity index is 2.12. The molecule has 0 N–H and O–H groups in total. The standard InChI is InChI=1S/C15H17ClO3/c1-19-15(18)8-7-14(17)12-4-2-3-10-5-6-11(16)9-13(10)12/h5-6,9,12H,2-4,7-8H2,1H3. The third-order valence-electron chi connectivity index (χ3n) is 3.61. The largest absolute Gasteiger partial charge is 0.469 e. The Labute approximate surface area is 117 Å². The van der Waals surface area contributed by atoms with Crippen molar-refractivity contribution in [2.45, 2.75) is 38.0 Å². The second-order valence-electron chi connectivity index (χ2n) is 4.83. The number of halogens is 1. The normalized spacial score (nSPS) is 17.7. The molecule has 3 nitrogen and oxygen atoms in total. The Hall–Kier alpha value is -1.35. The summed E-state index contributed by atoms with van der Waals surface area (Å²) in [6.07, 6.45) is 3.23. The summed E-state index contributed by atoms with van der Waals surface area (Å²) >= 11 is 6.01. The monoisotopic (exact) mass is 280 g/mol. The number of carbonyl (C=O) groups excluding carboxylic acids is 2. The van der Waals surface area contributed by atoms with Gasteiger partial charge in [-0.1, -0.05) is 17.7 Å². The quantitative estimate of drug-likeness (QED) is 0.795. The van der Waals surface area contributed by atoms with Crippen molar-refractivity contribution in [3.8, 4) is 0 Å². The number of aryl methyl sites for hydroxylation is 1. The van der Waals surface area contributed by atoms with Crippen molar-refractivity contribution in [1.29, 1.82) is 0 Å².